The third-order valence-corrected chi connectivity index (χ3v) is 9.11. The van der Waals surface area contributed by atoms with Crippen LogP contribution in [0, 0.1) is 0 Å². The molecule has 184 valence electrons. The summed E-state index contributed by atoms with van der Waals surface area (Å²) in [6, 6.07) is 14.1. The van der Waals surface area contributed by atoms with Gasteiger partial charge in [0.05, 0.1) is 20.3 Å². The smallest absolute Gasteiger partial charge is 0.123 e. The summed E-state index contributed by atoms with van der Waals surface area (Å²) >= 11 is 0. The van der Waals surface area contributed by atoms with Crippen LogP contribution in [0.3, 0.4) is 0 Å². The van der Waals surface area contributed by atoms with Gasteiger partial charge in [-0.05, 0) is 48.2 Å². The third-order valence-electron chi connectivity index (χ3n) is 4.31. The molecule has 0 aliphatic heterocycles. The van der Waals surface area contributed by atoms with Crippen molar-refractivity contribution in [1.29, 1.82) is 0 Å². The fourth-order valence-corrected chi connectivity index (χ4v) is 6.35. The molecule has 0 aliphatic rings. The monoisotopic (exact) mass is 534 g/mol. The van der Waals surface area contributed by atoms with Gasteiger partial charge in [-0.1, -0.05) is 79.6 Å². The Morgan fingerprint density at radius 1 is 0.676 bits per heavy atom. The molecular formula is C27H34O3S4. The predicted octanol–water partition coefficient (Wildman–Crippen LogP) is 8.54. The molecule has 0 bridgehead atoms. The second-order valence-corrected chi connectivity index (χ2v) is 12.3. The highest BCUT2D eigenvalue weighted by Crippen LogP contribution is 2.27. The Bertz CT molecular complexity index is 828. The number of hydrogen-bond donors (Lipinski definition) is 0. The molecule has 0 aromatic heterocycles. The molecule has 0 heterocycles. The van der Waals surface area contributed by atoms with Gasteiger partial charge in [0.1, 0.15) is 17.2 Å². The molecule has 0 radical (unpaired) electrons. The Labute approximate surface area is 221 Å². The van der Waals surface area contributed by atoms with Gasteiger partial charge in [-0.3, -0.25) is 0 Å². The van der Waals surface area contributed by atoms with E-state index in [1.165, 1.54) is 0 Å². The third kappa shape index (κ3) is 12.8. The van der Waals surface area contributed by atoms with Gasteiger partial charge in [-0.15, -0.1) is 13.2 Å². The Balaban J connectivity index is 1.95. The number of hydrogen-bond acceptors (Lipinski definition) is 7. The van der Waals surface area contributed by atoms with Crippen LogP contribution in [0.5, 0.6) is 17.2 Å². The summed E-state index contributed by atoms with van der Waals surface area (Å²) < 4.78 is 17.4. The maximum Gasteiger partial charge on any atom is 0.123 e. The van der Waals surface area contributed by atoms with Crippen molar-refractivity contribution in [3.63, 3.8) is 0 Å². The largest absolute Gasteiger partial charge is 0.497 e. The molecule has 0 spiro atoms. The second kappa shape index (κ2) is 18.7. The SMILES string of the molecule is C=CCSSCCCOc1cc(/C=C/c2ccc(OC)cc2)cc(OCCCSSCC=C)c1. The lowest BCUT2D eigenvalue weighted by atomic mass is 10.1. The van der Waals surface area contributed by atoms with Gasteiger partial charge < -0.3 is 14.2 Å². The topological polar surface area (TPSA) is 27.7 Å². The van der Waals surface area contributed by atoms with Crippen molar-refractivity contribution in [2.45, 2.75) is 12.8 Å². The highest BCUT2D eigenvalue weighted by Gasteiger charge is 2.03. The molecule has 0 saturated carbocycles. The minimum Gasteiger partial charge on any atom is -0.497 e. The van der Waals surface area contributed by atoms with Crippen molar-refractivity contribution in [2.75, 3.05) is 43.3 Å². The van der Waals surface area contributed by atoms with E-state index in [1.54, 1.807) is 7.11 Å². The summed E-state index contributed by atoms with van der Waals surface area (Å²) in [6.07, 6.45) is 10.0. The maximum atomic E-state index is 6.06. The minimum atomic E-state index is 0.684. The van der Waals surface area contributed by atoms with Crippen molar-refractivity contribution in [3.8, 4) is 17.2 Å². The van der Waals surface area contributed by atoms with Crippen molar-refractivity contribution in [1.82, 2.24) is 0 Å². The normalized spacial score (nSPS) is 10.9. The van der Waals surface area contributed by atoms with Gasteiger partial charge in [0.15, 0.2) is 0 Å². The summed E-state index contributed by atoms with van der Waals surface area (Å²) in [5.74, 6) is 6.59. The molecule has 0 fully saturated rings. The summed E-state index contributed by atoms with van der Waals surface area (Å²) in [7, 11) is 9.05. The van der Waals surface area contributed by atoms with Crippen LogP contribution in [0.4, 0.5) is 0 Å². The first-order valence-electron chi connectivity index (χ1n) is 11.2. The molecule has 7 heteroatoms. The first-order chi connectivity index (χ1) is 16.7. The van der Waals surface area contributed by atoms with E-state index in [2.05, 4.69) is 37.4 Å². The molecule has 0 amide bonds. The molecule has 0 unspecified atom stereocenters. The molecule has 0 saturated heterocycles. The van der Waals surface area contributed by atoms with Gasteiger partial charge in [0.2, 0.25) is 0 Å². The Morgan fingerprint density at radius 3 is 1.71 bits per heavy atom. The van der Waals surface area contributed by atoms with E-state index in [0.29, 0.717) is 13.2 Å². The highest BCUT2D eigenvalue weighted by atomic mass is 33.1. The van der Waals surface area contributed by atoms with Crippen molar-refractivity contribution >= 4 is 55.3 Å². The zero-order valence-electron chi connectivity index (χ0n) is 19.8. The van der Waals surface area contributed by atoms with E-state index < -0.39 is 0 Å². The molecule has 2 rings (SSSR count). The van der Waals surface area contributed by atoms with Crippen molar-refractivity contribution in [2.24, 2.45) is 0 Å². The van der Waals surface area contributed by atoms with E-state index in [4.69, 9.17) is 14.2 Å². The van der Waals surface area contributed by atoms with E-state index in [1.807, 2.05) is 85.7 Å². The fraction of sp³-hybridized carbons (Fsp3) is 0.333. The van der Waals surface area contributed by atoms with Gasteiger partial charge in [-0.25, -0.2) is 0 Å². The number of benzene rings is 2. The van der Waals surface area contributed by atoms with Gasteiger partial charge in [-0.2, -0.15) is 0 Å². The number of rotatable bonds is 19. The van der Waals surface area contributed by atoms with Crippen LogP contribution in [0.15, 0.2) is 67.8 Å². The van der Waals surface area contributed by atoms with Crippen molar-refractivity contribution < 1.29 is 14.2 Å². The summed E-state index contributed by atoms with van der Waals surface area (Å²) in [6.45, 7) is 8.87. The standard InChI is InChI=1S/C27H34O3S4/c1-4-16-31-33-18-6-14-29-26-20-24(9-8-23-10-12-25(28-3)13-11-23)21-27(22-26)30-15-7-19-34-32-17-5-2/h4-5,8-13,20-22H,1-2,6-7,14-19H2,3H3/b9-8+. The van der Waals surface area contributed by atoms with Crippen LogP contribution in [0.1, 0.15) is 24.0 Å². The zero-order chi connectivity index (χ0) is 24.3. The van der Waals surface area contributed by atoms with E-state index in [0.717, 1.165) is 64.2 Å². The average molecular weight is 535 g/mol. The molecule has 0 atom stereocenters. The quantitative estimate of drug-likeness (QED) is 0.0771. The van der Waals surface area contributed by atoms with Gasteiger partial charge >= 0.3 is 0 Å². The highest BCUT2D eigenvalue weighted by molar-refractivity contribution is 8.77. The number of methoxy groups -OCH3 is 1. The molecule has 0 N–H and O–H groups in total. The van der Waals surface area contributed by atoms with Crippen LogP contribution in [0.2, 0.25) is 0 Å². The molecule has 0 aliphatic carbocycles. The van der Waals surface area contributed by atoms with Crippen LogP contribution in [-0.2, 0) is 0 Å². The average Bonchev–Trinajstić information content (AvgIpc) is 2.86. The summed E-state index contributed by atoms with van der Waals surface area (Å²) in [4.78, 5) is 0. The number of ether oxygens (including phenoxy) is 3. The first kappa shape index (κ1) is 28.7. The predicted molar refractivity (Wildman–Crippen MR) is 159 cm³/mol. The van der Waals surface area contributed by atoms with Crippen LogP contribution in [-0.4, -0.2) is 43.3 Å². The van der Waals surface area contributed by atoms with E-state index >= 15 is 0 Å². The molecule has 2 aromatic rings. The maximum absolute atomic E-state index is 6.06. The second-order valence-electron chi connectivity index (χ2n) is 7.04. The molecule has 2 aromatic carbocycles. The van der Waals surface area contributed by atoms with Crippen molar-refractivity contribution in [3.05, 3.63) is 78.9 Å². The Kier molecular flexibility index (Phi) is 15.8. The first-order valence-corrected chi connectivity index (χ1v) is 16.2. The van der Waals surface area contributed by atoms with Crippen LogP contribution in [0.25, 0.3) is 12.2 Å². The minimum absolute atomic E-state index is 0.684. The van der Waals surface area contributed by atoms with E-state index in [-0.39, 0.29) is 0 Å². The molecule has 3 nitrogen and oxygen atoms in total. The lowest BCUT2D eigenvalue weighted by Gasteiger charge is -2.11. The van der Waals surface area contributed by atoms with Gasteiger partial charge in [0, 0.05) is 29.1 Å². The summed E-state index contributed by atoms with van der Waals surface area (Å²) in [5.41, 5.74) is 2.16. The Morgan fingerprint density at radius 2 is 1.21 bits per heavy atom. The Hall–Kier alpha value is -1.54. The van der Waals surface area contributed by atoms with Crippen LogP contribution < -0.4 is 14.2 Å². The van der Waals surface area contributed by atoms with Gasteiger partial charge in [0.25, 0.3) is 0 Å². The zero-order valence-corrected chi connectivity index (χ0v) is 23.0. The lowest BCUT2D eigenvalue weighted by molar-refractivity contribution is 0.303. The molecular weight excluding hydrogens is 501 g/mol. The van der Waals surface area contributed by atoms with Crippen LogP contribution >= 0.6 is 43.2 Å². The summed E-state index contributed by atoms with van der Waals surface area (Å²) in [5, 5.41) is 0. The fourth-order valence-electron chi connectivity index (χ4n) is 2.69. The van der Waals surface area contributed by atoms with E-state index in [9.17, 15) is 0 Å². The lowest BCUT2D eigenvalue weighted by Crippen LogP contribution is -2.01. The molecule has 34 heavy (non-hydrogen) atoms.